The number of hydrogen-bond acceptors (Lipinski definition) is 6. The minimum atomic E-state index is -0.324. The molecule has 0 radical (unpaired) electrons. The Labute approximate surface area is 161 Å². The summed E-state index contributed by atoms with van der Waals surface area (Å²) in [6.45, 7) is 0. The molecule has 4 rings (SSSR count). The zero-order chi connectivity index (χ0) is 18.6. The van der Waals surface area contributed by atoms with Crippen molar-refractivity contribution < 1.29 is 9.59 Å². The van der Waals surface area contributed by atoms with Gasteiger partial charge in [-0.05, 0) is 25.0 Å². The van der Waals surface area contributed by atoms with Crippen LogP contribution >= 0.6 is 11.3 Å². The number of carbonyl (C=O) groups is 2. The van der Waals surface area contributed by atoms with Crippen LogP contribution in [0.2, 0.25) is 0 Å². The molecule has 1 fully saturated rings. The fourth-order valence-corrected chi connectivity index (χ4v) is 4.36. The highest BCUT2D eigenvalue weighted by Crippen LogP contribution is 2.35. The van der Waals surface area contributed by atoms with Gasteiger partial charge in [0.25, 0.3) is 5.91 Å². The van der Waals surface area contributed by atoms with Crippen LogP contribution in [0, 0.1) is 0 Å². The van der Waals surface area contributed by atoms with Gasteiger partial charge in [-0.15, -0.1) is 10.2 Å². The Balaban J connectivity index is 1.46. The van der Waals surface area contributed by atoms with Crippen LogP contribution in [-0.4, -0.2) is 27.7 Å². The first-order valence-electron chi connectivity index (χ1n) is 9.31. The molecule has 2 aromatic rings. The SMILES string of the molecule is O=C(Nc1nnc(C2CCCCC2)s1)C1=NN(c2ccccc2)C(=O)CC1. The lowest BCUT2D eigenvalue weighted by Crippen LogP contribution is -2.36. The summed E-state index contributed by atoms with van der Waals surface area (Å²) in [4.78, 5) is 24.8. The van der Waals surface area contributed by atoms with Crippen LogP contribution in [0.25, 0.3) is 0 Å². The molecule has 0 bridgehead atoms. The van der Waals surface area contributed by atoms with E-state index >= 15 is 0 Å². The highest BCUT2D eigenvalue weighted by atomic mass is 32.1. The molecule has 2 amide bonds. The van der Waals surface area contributed by atoms with Crippen molar-refractivity contribution in [2.45, 2.75) is 50.9 Å². The number of amides is 2. The van der Waals surface area contributed by atoms with E-state index in [2.05, 4.69) is 20.6 Å². The quantitative estimate of drug-likeness (QED) is 0.872. The number of nitrogens with zero attached hydrogens (tertiary/aromatic N) is 4. The van der Waals surface area contributed by atoms with E-state index in [9.17, 15) is 9.59 Å². The zero-order valence-corrected chi connectivity index (χ0v) is 15.7. The third-order valence-corrected chi connectivity index (χ3v) is 5.91. The summed E-state index contributed by atoms with van der Waals surface area (Å²) in [7, 11) is 0. The summed E-state index contributed by atoms with van der Waals surface area (Å²) in [5.74, 6) is 0.0168. The van der Waals surface area contributed by atoms with Crippen molar-refractivity contribution in [1.29, 1.82) is 0 Å². The van der Waals surface area contributed by atoms with Gasteiger partial charge in [0.05, 0.1) is 5.69 Å². The molecule has 7 nitrogen and oxygen atoms in total. The van der Waals surface area contributed by atoms with Crippen molar-refractivity contribution in [3.05, 3.63) is 35.3 Å². The first kappa shape index (κ1) is 17.8. The maximum atomic E-state index is 12.6. The van der Waals surface area contributed by atoms with Gasteiger partial charge in [-0.3, -0.25) is 14.9 Å². The summed E-state index contributed by atoms with van der Waals surface area (Å²) in [6.07, 6.45) is 6.60. The lowest BCUT2D eigenvalue weighted by molar-refractivity contribution is -0.118. The van der Waals surface area contributed by atoms with Gasteiger partial charge in [0.2, 0.25) is 11.0 Å². The Bertz CT molecular complexity index is 858. The largest absolute Gasteiger partial charge is 0.295 e. The molecule has 0 unspecified atom stereocenters. The van der Waals surface area contributed by atoms with E-state index in [4.69, 9.17) is 0 Å². The molecule has 2 heterocycles. The molecule has 140 valence electrons. The molecule has 1 aliphatic carbocycles. The van der Waals surface area contributed by atoms with E-state index < -0.39 is 0 Å². The molecule has 0 spiro atoms. The smallest absolute Gasteiger partial charge is 0.273 e. The highest BCUT2D eigenvalue weighted by Gasteiger charge is 2.26. The van der Waals surface area contributed by atoms with Crippen molar-refractivity contribution in [1.82, 2.24) is 10.2 Å². The zero-order valence-electron chi connectivity index (χ0n) is 14.9. The van der Waals surface area contributed by atoms with Gasteiger partial charge >= 0.3 is 0 Å². The normalized spacial score (nSPS) is 18.3. The Kier molecular flexibility index (Phi) is 5.24. The van der Waals surface area contributed by atoms with E-state index in [1.54, 1.807) is 12.1 Å². The molecule has 1 aliphatic heterocycles. The van der Waals surface area contributed by atoms with Crippen molar-refractivity contribution in [3.8, 4) is 0 Å². The van der Waals surface area contributed by atoms with Gasteiger partial charge in [-0.25, -0.2) is 5.01 Å². The number of hydrazone groups is 1. The first-order chi connectivity index (χ1) is 13.2. The molecule has 1 N–H and O–H groups in total. The van der Waals surface area contributed by atoms with E-state index in [1.807, 2.05) is 18.2 Å². The van der Waals surface area contributed by atoms with Crippen LogP contribution in [0.15, 0.2) is 35.4 Å². The predicted octanol–water partition coefficient (Wildman–Crippen LogP) is 3.71. The van der Waals surface area contributed by atoms with Crippen molar-refractivity contribution in [2.24, 2.45) is 5.10 Å². The molecular weight excluding hydrogens is 362 g/mol. The molecule has 27 heavy (non-hydrogen) atoms. The van der Waals surface area contributed by atoms with E-state index in [1.165, 1.54) is 35.6 Å². The Morgan fingerprint density at radius 2 is 1.85 bits per heavy atom. The minimum absolute atomic E-state index is 0.117. The second kappa shape index (κ2) is 7.96. The molecule has 8 heteroatoms. The average molecular weight is 383 g/mol. The molecular formula is C19H21N5O2S. The first-order valence-corrected chi connectivity index (χ1v) is 10.1. The molecule has 1 saturated carbocycles. The Morgan fingerprint density at radius 3 is 2.63 bits per heavy atom. The second-order valence-corrected chi connectivity index (χ2v) is 7.83. The van der Waals surface area contributed by atoms with Crippen LogP contribution < -0.4 is 10.3 Å². The number of aromatic nitrogens is 2. The molecule has 2 aliphatic rings. The van der Waals surface area contributed by atoms with Crippen LogP contribution in [0.4, 0.5) is 10.8 Å². The fraction of sp³-hybridized carbons (Fsp3) is 0.421. The summed E-state index contributed by atoms with van der Waals surface area (Å²) in [5, 5.41) is 18.2. The van der Waals surface area contributed by atoms with Crippen LogP contribution in [0.5, 0.6) is 0 Å². The maximum absolute atomic E-state index is 12.6. The van der Waals surface area contributed by atoms with Gasteiger partial charge in [0.15, 0.2) is 0 Å². The average Bonchev–Trinajstić information content (AvgIpc) is 3.18. The number of carbonyl (C=O) groups excluding carboxylic acids is 2. The second-order valence-electron chi connectivity index (χ2n) is 6.82. The number of benzene rings is 1. The van der Waals surface area contributed by atoms with Crippen LogP contribution in [-0.2, 0) is 9.59 Å². The topological polar surface area (TPSA) is 87.6 Å². The lowest BCUT2D eigenvalue weighted by Gasteiger charge is -2.22. The Hall–Kier alpha value is -2.61. The van der Waals surface area contributed by atoms with Gasteiger partial charge < -0.3 is 0 Å². The lowest BCUT2D eigenvalue weighted by atomic mass is 9.90. The van der Waals surface area contributed by atoms with Crippen molar-refractivity contribution in [2.75, 3.05) is 10.3 Å². The number of nitrogens with one attached hydrogen (secondary N) is 1. The number of rotatable bonds is 4. The molecule has 0 saturated heterocycles. The van der Waals surface area contributed by atoms with E-state index in [-0.39, 0.29) is 18.2 Å². The Morgan fingerprint density at radius 1 is 1.07 bits per heavy atom. The fourth-order valence-electron chi connectivity index (χ4n) is 3.46. The highest BCUT2D eigenvalue weighted by molar-refractivity contribution is 7.15. The summed E-state index contributed by atoms with van der Waals surface area (Å²) < 4.78 is 0. The van der Waals surface area contributed by atoms with Gasteiger partial charge in [0, 0.05) is 18.8 Å². The number of hydrogen-bond donors (Lipinski definition) is 1. The standard InChI is InChI=1S/C19H21N5O2S/c25-16-12-11-15(23-24(16)14-9-5-2-6-10-14)17(26)20-19-22-21-18(27-19)13-7-3-1-4-8-13/h2,5-6,9-10,13H,1,3-4,7-8,11-12H2,(H,20,22,26). The molecule has 1 aromatic carbocycles. The third kappa shape index (κ3) is 4.05. The van der Waals surface area contributed by atoms with Crippen LogP contribution in [0.3, 0.4) is 0 Å². The van der Waals surface area contributed by atoms with Crippen molar-refractivity contribution >= 4 is 39.7 Å². The minimum Gasteiger partial charge on any atom is -0.295 e. The molecule has 1 aromatic heterocycles. The number of para-hydroxylation sites is 1. The summed E-state index contributed by atoms with van der Waals surface area (Å²) >= 11 is 1.44. The van der Waals surface area contributed by atoms with E-state index in [0.29, 0.717) is 28.9 Å². The van der Waals surface area contributed by atoms with E-state index in [0.717, 1.165) is 17.8 Å². The van der Waals surface area contributed by atoms with Gasteiger partial charge in [-0.1, -0.05) is 48.8 Å². The number of anilines is 2. The third-order valence-electron chi connectivity index (χ3n) is 4.91. The molecule has 0 atom stereocenters. The monoisotopic (exact) mass is 383 g/mol. The van der Waals surface area contributed by atoms with Gasteiger partial charge in [0.1, 0.15) is 10.7 Å². The predicted molar refractivity (Wildman–Crippen MR) is 105 cm³/mol. The maximum Gasteiger partial charge on any atom is 0.273 e. The summed E-state index contributed by atoms with van der Waals surface area (Å²) in [6, 6.07) is 9.13. The van der Waals surface area contributed by atoms with Crippen molar-refractivity contribution in [3.63, 3.8) is 0 Å². The van der Waals surface area contributed by atoms with Crippen LogP contribution in [0.1, 0.15) is 55.9 Å². The van der Waals surface area contributed by atoms with Gasteiger partial charge in [-0.2, -0.15) is 5.10 Å². The summed E-state index contributed by atoms with van der Waals surface area (Å²) in [5.41, 5.74) is 0.982.